The van der Waals surface area contributed by atoms with Crippen molar-refractivity contribution in [2.24, 2.45) is 17.8 Å². The van der Waals surface area contributed by atoms with E-state index in [4.69, 9.17) is 5.11 Å². The monoisotopic (exact) mass is 232 g/mol. The highest BCUT2D eigenvalue weighted by molar-refractivity contribution is 9.09. The zero-order chi connectivity index (χ0) is 8.88. The van der Waals surface area contributed by atoms with Crippen LogP contribution in [-0.2, 0) is 9.59 Å². The summed E-state index contributed by atoms with van der Waals surface area (Å²) in [6.07, 6.45) is 1.16. The molecule has 2 saturated carbocycles. The molecular weight excluding hydrogens is 224 g/mol. The fraction of sp³-hybridized carbons (Fsp3) is 0.750. The quantitative estimate of drug-likeness (QED) is 0.689. The van der Waals surface area contributed by atoms with Gasteiger partial charge < -0.3 is 5.11 Å². The van der Waals surface area contributed by atoms with Crippen molar-refractivity contribution in [2.45, 2.75) is 17.7 Å². The third-order valence-corrected chi connectivity index (χ3v) is 4.03. The summed E-state index contributed by atoms with van der Waals surface area (Å²) in [7, 11) is 0. The fourth-order valence-corrected chi connectivity index (χ4v) is 3.33. The maximum atomic E-state index is 11.2. The molecule has 3 nitrogen and oxygen atoms in total. The topological polar surface area (TPSA) is 54.4 Å². The second-order valence-corrected chi connectivity index (χ2v) is 4.73. The van der Waals surface area contributed by atoms with Crippen LogP contribution in [0, 0.1) is 17.8 Å². The number of aliphatic carboxylic acids is 1. The normalized spacial score (nSPS) is 45.2. The van der Waals surface area contributed by atoms with E-state index in [0.717, 1.165) is 0 Å². The van der Waals surface area contributed by atoms with E-state index in [2.05, 4.69) is 15.9 Å². The van der Waals surface area contributed by atoms with E-state index in [1.54, 1.807) is 0 Å². The number of carboxylic acid groups (broad SMARTS) is 1. The summed E-state index contributed by atoms with van der Waals surface area (Å²) >= 11 is 3.42. The van der Waals surface area contributed by atoms with Gasteiger partial charge in [0.1, 0.15) is 5.78 Å². The maximum Gasteiger partial charge on any atom is 0.307 e. The van der Waals surface area contributed by atoms with Crippen LogP contribution >= 0.6 is 15.9 Å². The van der Waals surface area contributed by atoms with Crippen molar-refractivity contribution < 1.29 is 14.7 Å². The predicted molar refractivity (Wildman–Crippen MR) is 45.1 cm³/mol. The molecule has 0 aromatic carbocycles. The first kappa shape index (κ1) is 8.23. The molecule has 0 unspecified atom stereocenters. The number of hydrogen-bond donors (Lipinski definition) is 1. The highest BCUT2D eigenvalue weighted by Crippen LogP contribution is 2.50. The van der Waals surface area contributed by atoms with Gasteiger partial charge in [-0.05, 0) is 12.3 Å². The van der Waals surface area contributed by atoms with Crippen molar-refractivity contribution in [3.05, 3.63) is 0 Å². The van der Waals surface area contributed by atoms with Crippen LogP contribution < -0.4 is 0 Å². The van der Waals surface area contributed by atoms with Crippen molar-refractivity contribution >= 4 is 27.7 Å². The minimum atomic E-state index is -0.808. The molecule has 2 bridgehead atoms. The van der Waals surface area contributed by atoms with Crippen LogP contribution in [0.4, 0.5) is 0 Å². The minimum Gasteiger partial charge on any atom is -0.481 e. The smallest absolute Gasteiger partial charge is 0.307 e. The maximum absolute atomic E-state index is 11.2. The molecule has 4 atom stereocenters. The standard InChI is InChI=1S/C8H9BrO3/c9-5-1-4-6(10)2-3(5)7(4)8(11)12/h3-5,7H,1-2H2,(H,11,12)/t3-,4-,5+,7+/m1/s1. The molecule has 0 aliphatic heterocycles. The molecule has 0 saturated heterocycles. The first-order valence-corrected chi connectivity index (χ1v) is 4.92. The van der Waals surface area contributed by atoms with Gasteiger partial charge in [0, 0.05) is 17.2 Å². The third-order valence-electron chi connectivity index (χ3n) is 2.97. The molecular formula is C8H9BrO3. The van der Waals surface area contributed by atoms with E-state index in [-0.39, 0.29) is 22.4 Å². The molecule has 0 aromatic heterocycles. The SMILES string of the molecule is O=C(O)[C@H]1[C@@H]2CC(=O)[C@H]1C[C@@H]2Br. The minimum absolute atomic E-state index is 0.0417. The number of alkyl halides is 1. The zero-order valence-corrected chi connectivity index (χ0v) is 7.95. The molecule has 4 heteroatoms. The molecule has 2 aliphatic rings. The molecule has 0 radical (unpaired) electrons. The Bertz CT molecular complexity index is 251. The Morgan fingerprint density at radius 2 is 2.25 bits per heavy atom. The molecule has 1 N–H and O–H groups in total. The Morgan fingerprint density at radius 3 is 2.58 bits per heavy atom. The van der Waals surface area contributed by atoms with E-state index in [1.807, 2.05) is 0 Å². The molecule has 0 heterocycles. The zero-order valence-electron chi connectivity index (χ0n) is 6.37. The van der Waals surface area contributed by atoms with E-state index in [0.29, 0.717) is 12.8 Å². The van der Waals surface area contributed by atoms with Gasteiger partial charge in [-0.1, -0.05) is 15.9 Å². The van der Waals surface area contributed by atoms with Crippen molar-refractivity contribution in [3.63, 3.8) is 0 Å². The Balaban J connectivity index is 2.28. The second-order valence-electron chi connectivity index (χ2n) is 3.56. The van der Waals surface area contributed by atoms with Crippen LogP contribution in [0.5, 0.6) is 0 Å². The fourth-order valence-electron chi connectivity index (χ4n) is 2.41. The Hall–Kier alpha value is -0.380. The average Bonchev–Trinajstić information content (AvgIpc) is 2.41. The number of carbonyl (C=O) groups excluding carboxylic acids is 1. The Morgan fingerprint density at radius 1 is 1.58 bits per heavy atom. The number of ketones is 1. The van der Waals surface area contributed by atoms with Gasteiger partial charge in [-0.15, -0.1) is 0 Å². The Kier molecular flexibility index (Phi) is 1.75. The van der Waals surface area contributed by atoms with Crippen molar-refractivity contribution in [2.75, 3.05) is 0 Å². The summed E-state index contributed by atoms with van der Waals surface area (Å²) in [5.74, 6) is -1.25. The summed E-state index contributed by atoms with van der Waals surface area (Å²) in [5.41, 5.74) is 0. The summed E-state index contributed by atoms with van der Waals surface area (Å²) in [6, 6.07) is 0. The van der Waals surface area contributed by atoms with Crippen molar-refractivity contribution in [3.8, 4) is 0 Å². The van der Waals surface area contributed by atoms with Gasteiger partial charge in [-0.3, -0.25) is 9.59 Å². The van der Waals surface area contributed by atoms with Gasteiger partial charge in [0.15, 0.2) is 0 Å². The molecule has 0 aromatic rings. The van der Waals surface area contributed by atoms with Crippen LogP contribution in [0.2, 0.25) is 0 Å². The van der Waals surface area contributed by atoms with Gasteiger partial charge in [-0.2, -0.15) is 0 Å². The summed E-state index contributed by atoms with van der Waals surface area (Å²) in [5, 5.41) is 8.86. The molecule has 2 aliphatic carbocycles. The molecule has 2 rings (SSSR count). The molecule has 66 valence electrons. The predicted octanol–water partition coefficient (Wildman–Crippen LogP) is 1.06. The highest BCUT2D eigenvalue weighted by Gasteiger charge is 2.55. The number of carbonyl (C=O) groups is 2. The Labute approximate surface area is 78.3 Å². The molecule has 2 fully saturated rings. The highest BCUT2D eigenvalue weighted by atomic mass is 79.9. The van der Waals surface area contributed by atoms with Crippen LogP contribution in [0.1, 0.15) is 12.8 Å². The van der Waals surface area contributed by atoms with Gasteiger partial charge in [-0.25, -0.2) is 0 Å². The lowest BCUT2D eigenvalue weighted by Crippen LogP contribution is -2.20. The first-order valence-electron chi connectivity index (χ1n) is 4.01. The number of carboxylic acids is 1. The largest absolute Gasteiger partial charge is 0.481 e. The lowest BCUT2D eigenvalue weighted by Gasteiger charge is -2.13. The van der Waals surface area contributed by atoms with E-state index in [9.17, 15) is 9.59 Å². The third kappa shape index (κ3) is 0.937. The number of halogens is 1. The van der Waals surface area contributed by atoms with E-state index >= 15 is 0 Å². The lowest BCUT2D eigenvalue weighted by atomic mass is 9.98. The summed E-state index contributed by atoms with van der Waals surface area (Å²) in [6.45, 7) is 0. The summed E-state index contributed by atoms with van der Waals surface area (Å²) in [4.78, 5) is 22.2. The lowest BCUT2D eigenvalue weighted by molar-refractivity contribution is -0.144. The van der Waals surface area contributed by atoms with Gasteiger partial charge >= 0.3 is 5.97 Å². The molecule has 0 amide bonds. The number of rotatable bonds is 1. The van der Waals surface area contributed by atoms with Crippen LogP contribution in [0.15, 0.2) is 0 Å². The van der Waals surface area contributed by atoms with Gasteiger partial charge in [0.2, 0.25) is 0 Å². The van der Waals surface area contributed by atoms with Crippen molar-refractivity contribution in [1.82, 2.24) is 0 Å². The second kappa shape index (κ2) is 2.55. The molecule has 12 heavy (non-hydrogen) atoms. The average molecular weight is 233 g/mol. The first-order chi connectivity index (χ1) is 5.61. The van der Waals surface area contributed by atoms with E-state index < -0.39 is 11.9 Å². The van der Waals surface area contributed by atoms with Crippen LogP contribution in [0.25, 0.3) is 0 Å². The van der Waals surface area contributed by atoms with E-state index in [1.165, 1.54) is 0 Å². The van der Waals surface area contributed by atoms with Crippen LogP contribution in [0.3, 0.4) is 0 Å². The van der Waals surface area contributed by atoms with Crippen LogP contribution in [-0.4, -0.2) is 21.7 Å². The van der Waals surface area contributed by atoms with Gasteiger partial charge in [0.25, 0.3) is 0 Å². The number of hydrogen-bond acceptors (Lipinski definition) is 2. The number of fused-ring (bicyclic) bond motifs is 2. The molecule has 0 spiro atoms. The summed E-state index contributed by atoms with van der Waals surface area (Å²) < 4.78 is 0. The van der Waals surface area contributed by atoms with Crippen molar-refractivity contribution in [1.29, 1.82) is 0 Å². The number of Topliss-reactive ketones (excluding diaryl/α,β-unsaturated/α-hetero) is 1. The van der Waals surface area contributed by atoms with Gasteiger partial charge in [0.05, 0.1) is 5.92 Å².